The highest BCUT2D eigenvalue weighted by Crippen LogP contribution is 2.30. The van der Waals surface area contributed by atoms with Crippen molar-refractivity contribution in [2.75, 3.05) is 44.3 Å². The molecular formula is C17H27N3O. The lowest BCUT2D eigenvalue weighted by molar-refractivity contribution is 0.0209. The second-order valence-electron chi connectivity index (χ2n) is 6.11. The molecule has 0 aliphatic carbocycles. The Bertz CT molecular complexity index is 459. The van der Waals surface area contributed by atoms with Gasteiger partial charge in [-0.2, -0.15) is 0 Å². The first-order valence-corrected chi connectivity index (χ1v) is 8.21. The molecule has 2 heterocycles. The maximum Gasteiger partial charge on any atom is 0.0594 e. The van der Waals surface area contributed by atoms with Gasteiger partial charge < -0.3 is 15.4 Å². The number of rotatable bonds is 4. The minimum absolute atomic E-state index is 0.142. The highest BCUT2D eigenvalue weighted by molar-refractivity contribution is 5.56. The molecule has 2 atom stereocenters. The molecule has 0 radical (unpaired) electrons. The molecule has 116 valence electrons. The molecule has 0 amide bonds. The Morgan fingerprint density at radius 3 is 2.76 bits per heavy atom. The SMILES string of the molecule is CC[C@H](N)c1ccccc1N1CCC(N2CCOCC2)C1. The Morgan fingerprint density at radius 1 is 1.24 bits per heavy atom. The van der Waals surface area contributed by atoms with Crippen LogP contribution in [0.2, 0.25) is 0 Å². The number of nitrogens with zero attached hydrogens (tertiary/aromatic N) is 2. The second-order valence-corrected chi connectivity index (χ2v) is 6.11. The van der Waals surface area contributed by atoms with E-state index in [0.717, 1.165) is 45.8 Å². The van der Waals surface area contributed by atoms with Crippen molar-refractivity contribution >= 4 is 5.69 Å². The summed E-state index contributed by atoms with van der Waals surface area (Å²) in [6.07, 6.45) is 2.23. The normalized spacial score (nSPS) is 25.2. The molecule has 2 aliphatic rings. The first-order valence-electron chi connectivity index (χ1n) is 8.21. The van der Waals surface area contributed by atoms with Crippen LogP contribution in [0.1, 0.15) is 31.4 Å². The molecule has 3 rings (SSSR count). The van der Waals surface area contributed by atoms with Gasteiger partial charge in [0, 0.05) is 44.0 Å². The van der Waals surface area contributed by atoms with Crippen LogP contribution < -0.4 is 10.6 Å². The van der Waals surface area contributed by atoms with E-state index in [4.69, 9.17) is 10.5 Å². The third kappa shape index (κ3) is 3.23. The standard InChI is InChI=1S/C17H27N3O/c1-2-16(18)15-5-3-4-6-17(15)20-8-7-14(13-20)19-9-11-21-12-10-19/h3-6,14,16H,2,7-13,18H2,1H3/t14?,16-/m0/s1. The average Bonchev–Trinajstić information content (AvgIpc) is 3.05. The summed E-state index contributed by atoms with van der Waals surface area (Å²) in [4.78, 5) is 5.11. The zero-order valence-corrected chi connectivity index (χ0v) is 13.0. The Hall–Kier alpha value is -1.10. The third-order valence-corrected chi connectivity index (χ3v) is 4.84. The van der Waals surface area contributed by atoms with Gasteiger partial charge in [-0.25, -0.2) is 0 Å². The summed E-state index contributed by atoms with van der Waals surface area (Å²) in [5, 5.41) is 0. The summed E-state index contributed by atoms with van der Waals surface area (Å²) < 4.78 is 5.46. The third-order valence-electron chi connectivity index (χ3n) is 4.84. The molecule has 2 N–H and O–H groups in total. The van der Waals surface area contributed by atoms with Crippen LogP contribution in [0.5, 0.6) is 0 Å². The fraction of sp³-hybridized carbons (Fsp3) is 0.647. The summed E-state index contributed by atoms with van der Waals surface area (Å²) >= 11 is 0. The van der Waals surface area contributed by atoms with E-state index < -0.39 is 0 Å². The molecule has 21 heavy (non-hydrogen) atoms. The molecule has 2 fully saturated rings. The molecule has 0 spiro atoms. The smallest absolute Gasteiger partial charge is 0.0594 e. The Labute approximate surface area is 127 Å². The molecule has 2 aliphatic heterocycles. The van der Waals surface area contributed by atoms with Crippen LogP contribution in [0.3, 0.4) is 0 Å². The maximum absolute atomic E-state index is 6.29. The van der Waals surface area contributed by atoms with Gasteiger partial charge in [0.15, 0.2) is 0 Å². The van der Waals surface area contributed by atoms with Gasteiger partial charge in [0.1, 0.15) is 0 Å². The van der Waals surface area contributed by atoms with E-state index in [1.54, 1.807) is 0 Å². The van der Waals surface area contributed by atoms with Crippen LogP contribution in [0.25, 0.3) is 0 Å². The van der Waals surface area contributed by atoms with Crippen molar-refractivity contribution in [2.45, 2.75) is 31.8 Å². The molecule has 4 nitrogen and oxygen atoms in total. The Kier molecular flexibility index (Phi) is 4.78. The van der Waals surface area contributed by atoms with Gasteiger partial charge in [0.25, 0.3) is 0 Å². The van der Waals surface area contributed by atoms with Crippen LogP contribution in [-0.2, 0) is 4.74 Å². The van der Waals surface area contributed by atoms with Crippen molar-refractivity contribution in [1.29, 1.82) is 0 Å². The molecule has 1 aromatic rings. The summed E-state index contributed by atoms with van der Waals surface area (Å²) in [5.74, 6) is 0. The van der Waals surface area contributed by atoms with Crippen molar-refractivity contribution in [3.05, 3.63) is 29.8 Å². The second kappa shape index (κ2) is 6.77. The van der Waals surface area contributed by atoms with Gasteiger partial charge in [-0.15, -0.1) is 0 Å². The van der Waals surface area contributed by atoms with E-state index in [2.05, 4.69) is 41.0 Å². The molecule has 0 bridgehead atoms. The fourth-order valence-corrected chi connectivity index (χ4v) is 3.51. The van der Waals surface area contributed by atoms with Crippen molar-refractivity contribution in [3.8, 4) is 0 Å². The van der Waals surface area contributed by atoms with Crippen LogP contribution in [0.15, 0.2) is 24.3 Å². The summed E-state index contributed by atoms with van der Waals surface area (Å²) in [6, 6.07) is 9.45. The van der Waals surface area contributed by atoms with Crippen LogP contribution in [-0.4, -0.2) is 50.3 Å². The fourth-order valence-electron chi connectivity index (χ4n) is 3.51. The quantitative estimate of drug-likeness (QED) is 0.920. The number of hydrogen-bond donors (Lipinski definition) is 1. The lowest BCUT2D eigenvalue weighted by atomic mass is 10.0. The summed E-state index contributed by atoms with van der Waals surface area (Å²) in [6.45, 7) is 8.33. The molecule has 1 aromatic carbocycles. The maximum atomic E-state index is 6.29. The van der Waals surface area contributed by atoms with Gasteiger partial charge in [-0.1, -0.05) is 25.1 Å². The number of hydrogen-bond acceptors (Lipinski definition) is 4. The highest BCUT2D eigenvalue weighted by Gasteiger charge is 2.29. The average molecular weight is 289 g/mol. The molecule has 4 heteroatoms. The lowest BCUT2D eigenvalue weighted by Gasteiger charge is -2.32. The van der Waals surface area contributed by atoms with E-state index in [9.17, 15) is 0 Å². The van der Waals surface area contributed by atoms with Gasteiger partial charge >= 0.3 is 0 Å². The lowest BCUT2D eigenvalue weighted by Crippen LogP contribution is -2.44. The first-order chi connectivity index (χ1) is 10.3. The molecular weight excluding hydrogens is 262 g/mol. The van der Waals surface area contributed by atoms with Crippen LogP contribution in [0.4, 0.5) is 5.69 Å². The van der Waals surface area contributed by atoms with Crippen molar-refractivity contribution in [2.24, 2.45) is 5.73 Å². The largest absolute Gasteiger partial charge is 0.379 e. The Morgan fingerprint density at radius 2 is 2.00 bits per heavy atom. The number of benzene rings is 1. The van der Waals surface area contributed by atoms with E-state index in [1.165, 1.54) is 17.7 Å². The number of morpholine rings is 1. The summed E-state index contributed by atoms with van der Waals surface area (Å²) in [5.41, 5.74) is 8.92. The van der Waals surface area contributed by atoms with Gasteiger partial charge in [0.2, 0.25) is 0 Å². The van der Waals surface area contributed by atoms with Crippen LogP contribution >= 0.6 is 0 Å². The number of ether oxygens (including phenoxy) is 1. The van der Waals surface area contributed by atoms with Crippen molar-refractivity contribution in [1.82, 2.24) is 4.90 Å². The minimum Gasteiger partial charge on any atom is -0.379 e. The number of nitrogens with two attached hydrogens (primary N) is 1. The zero-order chi connectivity index (χ0) is 14.7. The van der Waals surface area contributed by atoms with E-state index >= 15 is 0 Å². The van der Waals surface area contributed by atoms with E-state index in [1.807, 2.05) is 0 Å². The van der Waals surface area contributed by atoms with E-state index in [-0.39, 0.29) is 6.04 Å². The summed E-state index contributed by atoms with van der Waals surface area (Å²) in [7, 11) is 0. The molecule has 1 unspecified atom stereocenters. The predicted molar refractivity (Wildman–Crippen MR) is 86.7 cm³/mol. The minimum atomic E-state index is 0.142. The predicted octanol–water partition coefficient (Wildman–Crippen LogP) is 2.01. The number of para-hydroxylation sites is 1. The van der Waals surface area contributed by atoms with Gasteiger partial charge in [-0.3, -0.25) is 4.90 Å². The highest BCUT2D eigenvalue weighted by atomic mass is 16.5. The Balaban J connectivity index is 1.71. The monoisotopic (exact) mass is 289 g/mol. The van der Waals surface area contributed by atoms with E-state index in [0.29, 0.717) is 6.04 Å². The molecule has 0 aromatic heterocycles. The molecule has 2 saturated heterocycles. The van der Waals surface area contributed by atoms with Crippen molar-refractivity contribution in [3.63, 3.8) is 0 Å². The van der Waals surface area contributed by atoms with Gasteiger partial charge in [-0.05, 0) is 24.5 Å². The number of anilines is 1. The zero-order valence-electron chi connectivity index (χ0n) is 13.0. The molecule has 0 saturated carbocycles. The topological polar surface area (TPSA) is 41.7 Å². The van der Waals surface area contributed by atoms with Crippen LogP contribution in [0, 0.1) is 0 Å². The van der Waals surface area contributed by atoms with Gasteiger partial charge in [0.05, 0.1) is 13.2 Å². The van der Waals surface area contributed by atoms with Crippen molar-refractivity contribution < 1.29 is 4.74 Å². The first kappa shape index (κ1) is 14.8.